The number of amidine groups is 1. The molecule has 0 saturated heterocycles. The van der Waals surface area contributed by atoms with Gasteiger partial charge in [0, 0.05) is 18.5 Å². The largest absolute Gasteiger partial charge is 0.463 e. The van der Waals surface area contributed by atoms with Gasteiger partial charge in [0.2, 0.25) is 0 Å². The minimum Gasteiger partial charge on any atom is -0.463 e. The summed E-state index contributed by atoms with van der Waals surface area (Å²) in [6, 6.07) is 0.251. The topological polar surface area (TPSA) is 131 Å². The van der Waals surface area contributed by atoms with Crippen LogP contribution in [0.2, 0.25) is 0 Å². The number of fused-ring (bicyclic) bond motifs is 1. The number of carboxylic acid groups (broad SMARTS) is 1. The first-order valence-corrected chi connectivity index (χ1v) is 13.5. The predicted octanol–water partition coefficient (Wildman–Crippen LogP) is 5.29. The van der Waals surface area contributed by atoms with Crippen molar-refractivity contribution < 1.29 is 9.90 Å². The monoisotopic (exact) mass is 481 g/mol. The molecule has 3 aliphatic rings. The third-order valence-corrected chi connectivity index (χ3v) is 8.60. The Balaban J connectivity index is 1.60. The van der Waals surface area contributed by atoms with E-state index in [-0.39, 0.29) is 17.7 Å². The highest BCUT2D eigenvalue weighted by Gasteiger charge is 2.30. The summed E-state index contributed by atoms with van der Waals surface area (Å²) in [5.41, 5.74) is 7.52. The van der Waals surface area contributed by atoms with Crippen LogP contribution in [0.3, 0.4) is 0 Å². The number of hydrogen-bond acceptors (Lipinski definition) is 5. The lowest BCUT2D eigenvalue weighted by Gasteiger charge is -2.32. The molecule has 1 atom stereocenters. The number of nitrogens with one attached hydrogen (secondary N) is 1. The van der Waals surface area contributed by atoms with Crippen molar-refractivity contribution in [3.8, 4) is 0 Å². The van der Waals surface area contributed by atoms with Crippen LogP contribution in [0.15, 0.2) is 4.99 Å². The first-order valence-electron chi connectivity index (χ1n) is 13.5. The lowest BCUT2D eigenvalue weighted by atomic mass is 9.80. The molecular weight excluding hydrogens is 442 g/mol. The maximum atomic E-state index is 11.2. The number of anilines is 1. The molecule has 9 nitrogen and oxygen atoms in total. The zero-order valence-corrected chi connectivity index (χ0v) is 21.0. The fourth-order valence-corrected chi connectivity index (χ4v) is 6.14. The Morgan fingerprint density at radius 1 is 1.09 bits per heavy atom. The van der Waals surface area contributed by atoms with Crippen molar-refractivity contribution >= 4 is 28.9 Å². The molecule has 2 heterocycles. The third kappa shape index (κ3) is 5.14. The Labute approximate surface area is 207 Å². The van der Waals surface area contributed by atoms with Gasteiger partial charge in [-0.3, -0.25) is 0 Å². The summed E-state index contributed by atoms with van der Waals surface area (Å²) in [4.78, 5) is 29.1. The molecule has 0 bridgehead atoms. The number of imidazole rings is 1. The van der Waals surface area contributed by atoms with E-state index in [4.69, 9.17) is 20.8 Å². The second-order valence-electron chi connectivity index (χ2n) is 11.2. The van der Waals surface area contributed by atoms with Gasteiger partial charge in [0.25, 0.3) is 0 Å². The highest BCUT2D eigenvalue weighted by atomic mass is 16.4. The van der Waals surface area contributed by atoms with E-state index in [2.05, 4.69) is 33.7 Å². The highest BCUT2D eigenvalue weighted by Crippen LogP contribution is 2.39. The quantitative estimate of drug-likeness (QED) is 0.361. The van der Waals surface area contributed by atoms with E-state index in [1.54, 1.807) is 0 Å². The number of aromatic nitrogens is 4. The van der Waals surface area contributed by atoms with Gasteiger partial charge in [-0.05, 0) is 63.2 Å². The molecule has 5 rings (SSSR count). The molecule has 0 aromatic carbocycles. The van der Waals surface area contributed by atoms with Crippen LogP contribution < -0.4 is 11.1 Å². The van der Waals surface area contributed by atoms with Gasteiger partial charge in [-0.1, -0.05) is 39.0 Å². The summed E-state index contributed by atoms with van der Waals surface area (Å²) in [5.74, 6) is 4.21. The summed E-state index contributed by atoms with van der Waals surface area (Å²) < 4.78 is 2.40. The average Bonchev–Trinajstić information content (AvgIpc) is 3.42. The van der Waals surface area contributed by atoms with E-state index in [9.17, 15) is 4.79 Å². The van der Waals surface area contributed by atoms with Gasteiger partial charge in [-0.25, -0.2) is 19.7 Å². The molecule has 0 spiro atoms. The second kappa shape index (κ2) is 10.1. The fourth-order valence-electron chi connectivity index (χ4n) is 6.14. The van der Waals surface area contributed by atoms with Crippen LogP contribution in [0, 0.1) is 17.8 Å². The van der Waals surface area contributed by atoms with E-state index in [1.165, 1.54) is 57.8 Å². The molecule has 0 unspecified atom stereocenters. The maximum Gasteiger partial charge on any atom is 0.433 e. The van der Waals surface area contributed by atoms with Crippen LogP contribution >= 0.6 is 0 Å². The van der Waals surface area contributed by atoms with Gasteiger partial charge in [-0.2, -0.15) is 4.99 Å². The number of aliphatic imine (C=N–C) groups is 1. The van der Waals surface area contributed by atoms with Gasteiger partial charge < -0.3 is 20.7 Å². The zero-order chi connectivity index (χ0) is 24.5. The van der Waals surface area contributed by atoms with Crippen molar-refractivity contribution in [1.82, 2.24) is 19.5 Å². The Kier molecular flexibility index (Phi) is 6.93. The van der Waals surface area contributed by atoms with Crippen LogP contribution in [0.1, 0.15) is 102 Å². The van der Waals surface area contributed by atoms with Gasteiger partial charge in [0.15, 0.2) is 23.1 Å². The lowest BCUT2D eigenvalue weighted by Crippen LogP contribution is -2.32. The Bertz CT molecular complexity index is 1090. The smallest absolute Gasteiger partial charge is 0.433 e. The summed E-state index contributed by atoms with van der Waals surface area (Å²) in [7, 11) is 0. The molecule has 1 amide bonds. The summed E-state index contributed by atoms with van der Waals surface area (Å²) in [6.07, 6.45) is 12.1. The Hall–Kier alpha value is -2.71. The summed E-state index contributed by atoms with van der Waals surface area (Å²) in [5, 5.41) is 12.8. The molecule has 2 aromatic rings. The van der Waals surface area contributed by atoms with Gasteiger partial charge in [0.05, 0.1) is 0 Å². The number of carbonyl (C=O) groups is 1. The van der Waals surface area contributed by atoms with E-state index in [1.807, 2.05) is 0 Å². The number of nitrogens with two attached hydrogens (primary N) is 1. The minimum absolute atomic E-state index is 0.123. The van der Waals surface area contributed by atoms with Crippen molar-refractivity contribution in [2.24, 2.45) is 28.5 Å². The fraction of sp³-hybridized carbons (Fsp3) is 0.731. The van der Waals surface area contributed by atoms with E-state index >= 15 is 0 Å². The van der Waals surface area contributed by atoms with E-state index < -0.39 is 6.09 Å². The lowest BCUT2D eigenvalue weighted by molar-refractivity contribution is 0.205. The van der Waals surface area contributed by atoms with Gasteiger partial charge in [-0.15, -0.1) is 0 Å². The van der Waals surface area contributed by atoms with Crippen LogP contribution in [0.4, 0.5) is 10.6 Å². The van der Waals surface area contributed by atoms with Crippen LogP contribution in [0.5, 0.6) is 0 Å². The van der Waals surface area contributed by atoms with Crippen molar-refractivity contribution in [3.05, 3.63) is 11.6 Å². The van der Waals surface area contributed by atoms with Crippen molar-refractivity contribution in [3.63, 3.8) is 0 Å². The van der Waals surface area contributed by atoms with Crippen LogP contribution in [-0.2, 0) is 6.54 Å². The van der Waals surface area contributed by atoms with Crippen molar-refractivity contribution in [1.29, 1.82) is 0 Å². The molecule has 4 N–H and O–H groups in total. The number of hydrogen-bond donors (Lipinski definition) is 3. The van der Waals surface area contributed by atoms with E-state index in [0.29, 0.717) is 29.2 Å². The molecule has 35 heavy (non-hydrogen) atoms. The predicted molar refractivity (Wildman–Crippen MR) is 137 cm³/mol. The number of nitrogens with zero attached hydrogens (tertiary/aromatic N) is 5. The third-order valence-electron chi connectivity index (χ3n) is 8.60. The Morgan fingerprint density at radius 3 is 2.43 bits per heavy atom. The summed E-state index contributed by atoms with van der Waals surface area (Å²) in [6.45, 7) is 5.49. The normalized spacial score (nSPS) is 25.0. The molecule has 190 valence electrons. The maximum absolute atomic E-state index is 11.2. The SMILES string of the molecule is CC1CCC(Cn2c(C3CCCC3)nc3nc(/C(N)=N/C(=O)O)nc(N[C@H](C)C4CCC4)c32)CC1. The molecule has 2 aromatic heterocycles. The molecule has 0 aliphatic heterocycles. The molecule has 3 saturated carbocycles. The first-order chi connectivity index (χ1) is 16.9. The highest BCUT2D eigenvalue weighted by molar-refractivity contribution is 6.01. The van der Waals surface area contributed by atoms with Crippen molar-refractivity contribution in [2.45, 2.75) is 103 Å². The van der Waals surface area contributed by atoms with Crippen LogP contribution in [-0.4, -0.2) is 42.6 Å². The molecule has 9 heteroatoms. The Morgan fingerprint density at radius 2 is 1.80 bits per heavy atom. The zero-order valence-electron chi connectivity index (χ0n) is 21.0. The van der Waals surface area contributed by atoms with Crippen LogP contribution in [0.25, 0.3) is 11.2 Å². The first kappa shape index (κ1) is 24.0. The molecule has 3 aliphatic carbocycles. The van der Waals surface area contributed by atoms with Gasteiger partial charge >= 0.3 is 6.09 Å². The number of amides is 1. The van der Waals surface area contributed by atoms with Crippen molar-refractivity contribution in [2.75, 3.05) is 5.32 Å². The van der Waals surface area contributed by atoms with E-state index in [0.717, 1.165) is 36.6 Å². The molecular formula is C26H39N7O2. The molecule has 0 radical (unpaired) electrons. The van der Waals surface area contributed by atoms with Gasteiger partial charge in [0.1, 0.15) is 11.3 Å². The summed E-state index contributed by atoms with van der Waals surface area (Å²) >= 11 is 0. The minimum atomic E-state index is -1.35. The standard InChI is InChI=1S/C26H39N7O2/c1-15-10-12-17(13-11-15)14-33-20-22(28-16(2)18-8-5-9-18)30-24(21(27)29-26(34)35)31-23(20)32-25(33)19-6-3-4-7-19/h15-19H,3-14H2,1-2H3,(H2,27,29)(H,34,35)(H,28,30,31)/t15?,16-,17?/m1/s1. The number of rotatable bonds is 7. The second-order valence-corrected chi connectivity index (χ2v) is 11.2. The molecule has 3 fully saturated rings. The average molecular weight is 482 g/mol.